The molecule has 2 heterocycles. The Bertz CT molecular complexity index is 233. The zero-order valence-corrected chi connectivity index (χ0v) is 10.1. The summed E-state index contributed by atoms with van der Waals surface area (Å²) in [4.78, 5) is 11.8. The minimum atomic E-state index is -0.364. The van der Waals surface area contributed by atoms with Crippen LogP contribution < -0.4 is 5.32 Å². The van der Waals surface area contributed by atoms with Crippen LogP contribution in [0.3, 0.4) is 0 Å². The zero-order valence-electron chi connectivity index (χ0n) is 9.25. The standard InChI is InChI=1S/C11H19NO2S/c1-14-10(13)11(5-3-6-12-11)8-9-4-2-7-15-9/h9,12H,2-8H2,1H3. The average Bonchev–Trinajstić information content (AvgIpc) is 2.89. The van der Waals surface area contributed by atoms with E-state index in [9.17, 15) is 4.79 Å². The number of thioether (sulfide) groups is 1. The van der Waals surface area contributed by atoms with Gasteiger partial charge < -0.3 is 10.1 Å². The molecule has 2 aliphatic heterocycles. The maximum Gasteiger partial charge on any atom is 0.326 e. The Morgan fingerprint density at radius 3 is 3.00 bits per heavy atom. The highest BCUT2D eigenvalue weighted by molar-refractivity contribution is 8.00. The third-order valence-electron chi connectivity index (χ3n) is 3.42. The summed E-state index contributed by atoms with van der Waals surface area (Å²) in [6.07, 6.45) is 5.53. The second-order valence-electron chi connectivity index (χ2n) is 4.44. The van der Waals surface area contributed by atoms with Gasteiger partial charge in [0.05, 0.1) is 7.11 Å². The minimum absolute atomic E-state index is 0.0625. The van der Waals surface area contributed by atoms with Crippen LogP contribution in [0.1, 0.15) is 32.1 Å². The third-order valence-corrected chi connectivity index (χ3v) is 4.82. The molecule has 0 aromatic rings. The van der Waals surface area contributed by atoms with Crippen molar-refractivity contribution < 1.29 is 9.53 Å². The molecule has 0 spiro atoms. The molecular formula is C11H19NO2S. The van der Waals surface area contributed by atoms with Crippen molar-refractivity contribution in [1.29, 1.82) is 0 Å². The number of carbonyl (C=O) groups is 1. The van der Waals surface area contributed by atoms with Crippen LogP contribution in [0.15, 0.2) is 0 Å². The summed E-state index contributed by atoms with van der Waals surface area (Å²) in [6.45, 7) is 0.951. The van der Waals surface area contributed by atoms with E-state index in [0.717, 1.165) is 25.8 Å². The van der Waals surface area contributed by atoms with Crippen molar-refractivity contribution in [3.05, 3.63) is 0 Å². The molecular weight excluding hydrogens is 210 g/mol. The van der Waals surface area contributed by atoms with E-state index in [1.165, 1.54) is 25.7 Å². The van der Waals surface area contributed by atoms with E-state index in [-0.39, 0.29) is 11.5 Å². The van der Waals surface area contributed by atoms with Crippen LogP contribution >= 0.6 is 11.8 Å². The Kier molecular flexibility index (Phi) is 3.57. The number of esters is 1. The topological polar surface area (TPSA) is 38.3 Å². The molecule has 0 bridgehead atoms. The van der Waals surface area contributed by atoms with Crippen molar-refractivity contribution in [1.82, 2.24) is 5.32 Å². The van der Waals surface area contributed by atoms with Crippen molar-refractivity contribution in [2.24, 2.45) is 0 Å². The van der Waals surface area contributed by atoms with E-state index in [4.69, 9.17) is 4.74 Å². The van der Waals surface area contributed by atoms with Gasteiger partial charge in [-0.1, -0.05) is 0 Å². The van der Waals surface area contributed by atoms with E-state index in [0.29, 0.717) is 5.25 Å². The second-order valence-corrected chi connectivity index (χ2v) is 5.85. The van der Waals surface area contributed by atoms with E-state index >= 15 is 0 Å². The fourth-order valence-corrected chi connectivity index (χ4v) is 4.03. The molecule has 4 heteroatoms. The second kappa shape index (κ2) is 4.74. The lowest BCUT2D eigenvalue weighted by atomic mass is 9.90. The highest BCUT2D eigenvalue weighted by Crippen LogP contribution is 2.36. The van der Waals surface area contributed by atoms with Gasteiger partial charge in [-0.05, 0) is 44.4 Å². The highest BCUT2D eigenvalue weighted by atomic mass is 32.2. The van der Waals surface area contributed by atoms with Gasteiger partial charge in [0.15, 0.2) is 0 Å². The quantitative estimate of drug-likeness (QED) is 0.746. The molecule has 86 valence electrons. The lowest BCUT2D eigenvalue weighted by Gasteiger charge is -2.28. The number of methoxy groups -OCH3 is 1. The van der Waals surface area contributed by atoms with Gasteiger partial charge in [-0.15, -0.1) is 0 Å². The summed E-state index contributed by atoms with van der Waals surface area (Å²) in [5.74, 6) is 1.19. The number of rotatable bonds is 3. The van der Waals surface area contributed by atoms with Gasteiger partial charge in [-0.3, -0.25) is 4.79 Å². The molecule has 2 aliphatic rings. The minimum Gasteiger partial charge on any atom is -0.468 e. The van der Waals surface area contributed by atoms with E-state index in [2.05, 4.69) is 5.32 Å². The maximum absolute atomic E-state index is 11.8. The molecule has 0 aromatic carbocycles. The Morgan fingerprint density at radius 2 is 2.47 bits per heavy atom. The fourth-order valence-electron chi connectivity index (χ4n) is 2.63. The molecule has 0 aromatic heterocycles. The first-order valence-electron chi connectivity index (χ1n) is 5.72. The summed E-state index contributed by atoms with van der Waals surface area (Å²) >= 11 is 2.01. The number of ether oxygens (including phenoxy) is 1. The first-order chi connectivity index (χ1) is 7.27. The van der Waals surface area contributed by atoms with Gasteiger partial charge in [-0.25, -0.2) is 0 Å². The van der Waals surface area contributed by atoms with Crippen LogP contribution in [-0.4, -0.2) is 36.2 Å². The lowest BCUT2D eigenvalue weighted by molar-refractivity contribution is -0.148. The fraction of sp³-hybridized carbons (Fsp3) is 0.909. The van der Waals surface area contributed by atoms with Crippen molar-refractivity contribution >= 4 is 17.7 Å². The Morgan fingerprint density at radius 1 is 1.60 bits per heavy atom. The molecule has 2 rings (SSSR count). The maximum atomic E-state index is 11.8. The molecule has 0 saturated carbocycles. The molecule has 0 aliphatic carbocycles. The Hall–Kier alpha value is -0.220. The summed E-state index contributed by atoms with van der Waals surface area (Å²) < 4.78 is 4.94. The molecule has 2 saturated heterocycles. The number of hydrogen-bond acceptors (Lipinski definition) is 4. The molecule has 2 fully saturated rings. The van der Waals surface area contributed by atoms with Gasteiger partial charge in [-0.2, -0.15) is 11.8 Å². The summed E-state index contributed by atoms with van der Waals surface area (Å²) in [5.41, 5.74) is -0.364. The summed E-state index contributed by atoms with van der Waals surface area (Å²) in [6, 6.07) is 0. The molecule has 2 unspecified atom stereocenters. The monoisotopic (exact) mass is 229 g/mol. The summed E-state index contributed by atoms with van der Waals surface area (Å²) in [7, 11) is 1.49. The van der Waals surface area contributed by atoms with Gasteiger partial charge >= 0.3 is 5.97 Å². The normalized spacial score (nSPS) is 35.7. The molecule has 3 nitrogen and oxygen atoms in total. The van der Waals surface area contributed by atoms with Crippen molar-refractivity contribution in [2.45, 2.75) is 42.9 Å². The third kappa shape index (κ3) is 2.31. The van der Waals surface area contributed by atoms with Crippen LogP contribution in [0.4, 0.5) is 0 Å². The average molecular weight is 229 g/mol. The predicted molar refractivity (Wildman–Crippen MR) is 62.1 cm³/mol. The summed E-state index contributed by atoms with van der Waals surface area (Å²) in [5, 5.41) is 4.01. The van der Waals surface area contributed by atoms with Crippen LogP contribution in [0.5, 0.6) is 0 Å². The number of nitrogens with one attached hydrogen (secondary N) is 1. The van der Waals surface area contributed by atoms with E-state index in [1.807, 2.05) is 11.8 Å². The van der Waals surface area contributed by atoms with Crippen LogP contribution in [0.2, 0.25) is 0 Å². The smallest absolute Gasteiger partial charge is 0.326 e. The Labute approximate surface area is 95.3 Å². The van der Waals surface area contributed by atoms with Gasteiger partial charge in [0.2, 0.25) is 0 Å². The van der Waals surface area contributed by atoms with Gasteiger partial charge in [0, 0.05) is 5.25 Å². The first kappa shape index (κ1) is 11.3. The number of hydrogen-bond donors (Lipinski definition) is 1. The first-order valence-corrected chi connectivity index (χ1v) is 6.77. The molecule has 0 radical (unpaired) electrons. The van der Waals surface area contributed by atoms with E-state index in [1.54, 1.807) is 0 Å². The van der Waals surface area contributed by atoms with Crippen LogP contribution in [0, 0.1) is 0 Å². The molecule has 1 N–H and O–H groups in total. The largest absolute Gasteiger partial charge is 0.468 e. The van der Waals surface area contributed by atoms with Crippen molar-refractivity contribution in [3.63, 3.8) is 0 Å². The predicted octanol–water partition coefficient (Wildman–Crippen LogP) is 1.57. The molecule has 0 amide bonds. The zero-order chi connectivity index (χ0) is 10.7. The van der Waals surface area contributed by atoms with Crippen molar-refractivity contribution in [2.75, 3.05) is 19.4 Å². The van der Waals surface area contributed by atoms with Gasteiger partial charge in [0.1, 0.15) is 5.54 Å². The number of carbonyl (C=O) groups excluding carboxylic acids is 1. The van der Waals surface area contributed by atoms with Crippen LogP contribution in [-0.2, 0) is 9.53 Å². The molecule has 2 atom stereocenters. The SMILES string of the molecule is COC(=O)C1(CC2CCCS2)CCCN1. The van der Waals surface area contributed by atoms with Crippen LogP contribution in [0.25, 0.3) is 0 Å². The molecule has 15 heavy (non-hydrogen) atoms. The van der Waals surface area contributed by atoms with Gasteiger partial charge in [0.25, 0.3) is 0 Å². The lowest BCUT2D eigenvalue weighted by Crippen LogP contribution is -2.50. The van der Waals surface area contributed by atoms with Crippen molar-refractivity contribution in [3.8, 4) is 0 Å². The highest BCUT2D eigenvalue weighted by Gasteiger charge is 2.44. The Balaban J connectivity index is 2.01. The van der Waals surface area contributed by atoms with E-state index < -0.39 is 0 Å².